The molecule has 5 heterocycles. The first-order chi connectivity index (χ1) is 14.8. The zero-order valence-corrected chi connectivity index (χ0v) is 18.6. The summed E-state index contributed by atoms with van der Waals surface area (Å²) in [7, 11) is 0. The van der Waals surface area contributed by atoms with Crippen LogP contribution in [-0.2, 0) is 11.3 Å². The van der Waals surface area contributed by atoms with Crippen molar-refractivity contribution < 1.29 is 9.59 Å². The summed E-state index contributed by atoms with van der Waals surface area (Å²) >= 11 is 0. The van der Waals surface area contributed by atoms with Crippen LogP contribution in [0.5, 0.6) is 0 Å². The lowest BCUT2D eigenvalue weighted by Gasteiger charge is -2.45. The van der Waals surface area contributed by atoms with Crippen molar-refractivity contribution in [1.29, 1.82) is 0 Å². The number of nitrogens with zero attached hydrogens (tertiary/aromatic N) is 4. The van der Waals surface area contributed by atoms with Crippen LogP contribution >= 0.6 is 0 Å². The highest BCUT2D eigenvalue weighted by Gasteiger charge is 2.36. The lowest BCUT2D eigenvalue weighted by Crippen LogP contribution is -2.58. The van der Waals surface area contributed by atoms with Crippen LogP contribution in [0.15, 0.2) is 35.4 Å². The number of benzene rings is 1. The Morgan fingerprint density at radius 1 is 1.19 bits per heavy atom. The first-order valence-corrected chi connectivity index (χ1v) is 11.3. The third-order valence-electron chi connectivity index (χ3n) is 6.98. The fourth-order valence-corrected chi connectivity index (χ4v) is 5.07. The number of para-hydroxylation sites is 1. The Morgan fingerprint density at radius 3 is 2.61 bits per heavy atom. The number of hydrogen-bond acceptors (Lipinski definition) is 4. The van der Waals surface area contributed by atoms with Crippen molar-refractivity contribution in [3.8, 4) is 0 Å². The van der Waals surface area contributed by atoms with Gasteiger partial charge in [-0.25, -0.2) is 5.01 Å². The Bertz CT molecular complexity index is 1060. The van der Waals surface area contributed by atoms with Crippen LogP contribution in [0.4, 0.5) is 0 Å². The maximum absolute atomic E-state index is 13.4. The molecule has 2 aromatic rings. The molecule has 4 aliphatic rings. The minimum Gasteiger partial charge on any atom is -0.350 e. The summed E-state index contributed by atoms with van der Waals surface area (Å²) < 4.78 is 2.03. The van der Waals surface area contributed by atoms with E-state index in [1.165, 1.54) is 5.01 Å². The molecule has 4 aliphatic heterocycles. The topological polar surface area (TPSA) is 69.9 Å². The van der Waals surface area contributed by atoms with Crippen LogP contribution in [0.3, 0.4) is 0 Å². The van der Waals surface area contributed by atoms with Gasteiger partial charge in [-0.3, -0.25) is 9.59 Å². The van der Waals surface area contributed by atoms with Gasteiger partial charge in [-0.05, 0) is 44.0 Å². The van der Waals surface area contributed by atoms with Crippen molar-refractivity contribution in [2.24, 2.45) is 16.4 Å². The summed E-state index contributed by atoms with van der Waals surface area (Å²) in [6.07, 6.45) is 2.28. The number of aromatic nitrogens is 1. The summed E-state index contributed by atoms with van der Waals surface area (Å²) in [4.78, 5) is 28.8. The Hall–Kier alpha value is -2.67. The Labute approximate surface area is 183 Å². The number of rotatable bonds is 3. The van der Waals surface area contributed by atoms with Gasteiger partial charge in [0, 0.05) is 28.9 Å². The number of hydrogen-bond donors (Lipinski definition) is 1. The summed E-state index contributed by atoms with van der Waals surface area (Å²) in [6, 6.07) is 10.1. The van der Waals surface area contributed by atoms with Gasteiger partial charge in [0.15, 0.2) is 0 Å². The largest absolute Gasteiger partial charge is 0.350 e. The molecule has 6 rings (SSSR count). The number of carbonyl (C=O) groups is 2. The van der Waals surface area contributed by atoms with Crippen LogP contribution in [0.2, 0.25) is 0 Å². The number of hydrazone groups is 1. The van der Waals surface area contributed by atoms with E-state index in [0.29, 0.717) is 18.2 Å². The summed E-state index contributed by atoms with van der Waals surface area (Å²) in [5.41, 5.74) is 2.26. The molecule has 1 unspecified atom stereocenters. The average Bonchev–Trinajstić information content (AvgIpc) is 3.04. The maximum atomic E-state index is 13.4. The zero-order valence-electron chi connectivity index (χ0n) is 18.6. The second kappa shape index (κ2) is 7.48. The average molecular weight is 422 g/mol. The van der Waals surface area contributed by atoms with Crippen molar-refractivity contribution in [2.75, 3.05) is 26.2 Å². The minimum absolute atomic E-state index is 0.0524. The third-order valence-corrected chi connectivity index (χ3v) is 6.98. The minimum atomic E-state index is -0.224. The van der Waals surface area contributed by atoms with Crippen LogP contribution in [0.1, 0.15) is 44.1 Å². The quantitative estimate of drug-likeness (QED) is 0.829. The van der Waals surface area contributed by atoms with E-state index in [1.54, 1.807) is 0 Å². The zero-order chi connectivity index (χ0) is 21.8. The molecule has 1 aromatic carbocycles. The maximum Gasteiger partial charge on any atom is 0.291 e. The fourth-order valence-electron chi connectivity index (χ4n) is 5.07. The fraction of sp³-hybridized carbons (Fsp3) is 0.542. The molecule has 164 valence electrons. The van der Waals surface area contributed by atoms with E-state index in [-0.39, 0.29) is 29.8 Å². The van der Waals surface area contributed by atoms with E-state index in [0.717, 1.165) is 49.1 Å². The second-order valence-electron chi connectivity index (χ2n) is 10.1. The highest BCUT2D eigenvalue weighted by atomic mass is 16.2. The molecule has 0 radical (unpaired) electrons. The smallest absolute Gasteiger partial charge is 0.291 e. The lowest BCUT2D eigenvalue weighted by molar-refractivity contribution is -0.123. The molecule has 1 atom stereocenters. The van der Waals surface area contributed by atoms with E-state index >= 15 is 0 Å². The van der Waals surface area contributed by atoms with Gasteiger partial charge >= 0.3 is 0 Å². The molecule has 1 N–H and O–H groups in total. The van der Waals surface area contributed by atoms with E-state index < -0.39 is 0 Å². The molecule has 0 aliphatic carbocycles. The molecule has 31 heavy (non-hydrogen) atoms. The standard InChI is InChI=1S/C24H31N5O2/c1-24(2,3)21-14-28-19-7-5-4-6-17(19)12-20(28)23(31)29(26-21)15-22(30)25-18-13-27-10-8-16(18)9-11-27/h4-7,12,16,18H,8-11,13-15H2,1-3H3,(H,25,30). The van der Waals surface area contributed by atoms with Gasteiger partial charge in [0.1, 0.15) is 12.2 Å². The third kappa shape index (κ3) is 3.76. The van der Waals surface area contributed by atoms with Crippen LogP contribution in [-0.4, -0.2) is 64.2 Å². The van der Waals surface area contributed by atoms with Crippen molar-refractivity contribution in [1.82, 2.24) is 19.8 Å². The molecule has 0 saturated carbocycles. The molecule has 3 saturated heterocycles. The number of piperidine rings is 3. The van der Waals surface area contributed by atoms with Crippen molar-refractivity contribution in [3.63, 3.8) is 0 Å². The molecular weight excluding hydrogens is 390 g/mol. The van der Waals surface area contributed by atoms with E-state index in [2.05, 4.69) is 31.0 Å². The summed E-state index contributed by atoms with van der Waals surface area (Å²) in [5.74, 6) is 0.193. The predicted octanol–water partition coefficient (Wildman–Crippen LogP) is 2.71. The highest BCUT2D eigenvalue weighted by Crippen LogP contribution is 2.29. The van der Waals surface area contributed by atoms with Gasteiger partial charge in [-0.1, -0.05) is 39.0 Å². The second-order valence-corrected chi connectivity index (χ2v) is 10.1. The van der Waals surface area contributed by atoms with Gasteiger partial charge in [0.2, 0.25) is 5.91 Å². The summed E-state index contributed by atoms with van der Waals surface area (Å²) in [6.45, 7) is 9.94. The molecule has 1 aromatic heterocycles. The molecule has 7 heteroatoms. The molecule has 0 spiro atoms. The van der Waals surface area contributed by atoms with Crippen molar-refractivity contribution in [3.05, 3.63) is 36.0 Å². The molecule has 7 nitrogen and oxygen atoms in total. The SMILES string of the molecule is CC(C)(C)C1=NN(CC(=O)NC2CN3CCC2CC3)C(=O)c2cc3ccccc3n2C1. The van der Waals surface area contributed by atoms with Gasteiger partial charge in [0.25, 0.3) is 5.91 Å². The number of nitrogens with one attached hydrogen (secondary N) is 1. The van der Waals surface area contributed by atoms with Crippen LogP contribution < -0.4 is 5.32 Å². The molecule has 3 fully saturated rings. The van der Waals surface area contributed by atoms with E-state index in [1.807, 2.05) is 34.9 Å². The van der Waals surface area contributed by atoms with Crippen LogP contribution in [0.25, 0.3) is 10.9 Å². The first-order valence-electron chi connectivity index (χ1n) is 11.3. The predicted molar refractivity (Wildman–Crippen MR) is 121 cm³/mol. The number of fused-ring (bicyclic) bond motifs is 6. The van der Waals surface area contributed by atoms with Gasteiger partial charge in [-0.15, -0.1) is 0 Å². The van der Waals surface area contributed by atoms with Crippen molar-refractivity contribution in [2.45, 2.75) is 46.2 Å². The normalized spacial score (nSPS) is 25.9. The Kier molecular flexibility index (Phi) is 4.88. The van der Waals surface area contributed by atoms with Crippen LogP contribution in [0, 0.1) is 11.3 Å². The summed E-state index contributed by atoms with van der Waals surface area (Å²) in [5, 5.41) is 10.3. The van der Waals surface area contributed by atoms with Gasteiger partial charge < -0.3 is 14.8 Å². The molecular formula is C24H31N5O2. The van der Waals surface area contributed by atoms with Gasteiger partial charge in [-0.2, -0.15) is 5.10 Å². The first kappa shape index (κ1) is 20.2. The Morgan fingerprint density at radius 2 is 1.94 bits per heavy atom. The lowest BCUT2D eigenvalue weighted by atomic mass is 9.84. The molecule has 2 bridgehead atoms. The van der Waals surface area contributed by atoms with E-state index in [9.17, 15) is 9.59 Å². The van der Waals surface area contributed by atoms with E-state index in [4.69, 9.17) is 5.10 Å². The Balaban J connectivity index is 1.42. The van der Waals surface area contributed by atoms with Gasteiger partial charge in [0.05, 0.1) is 12.3 Å². The van der Waals surface area contributed by atoms with Crippen molar-refractivity contribution >= 4 is 28.4 Å². The monoisotopic (exact) mass is 421 g/mol. The number of amides is 2. The molecule has 2 amide bonds. The highest BCUT2D eigenvalue weighted by molar-refractivity contribution is 6.03. The number of carbonyl (C=O) groups excluding carboxylic acids is 2.